The third-order valence-corrected chi connectivity index (χ3v) is 5.79. The number of carbonyl (C=O) groups is 1. The first-order valence-electron chi connectivity index (χ1n) is 9.49. The number of carbonyl (C=O) groups excluding carboxylic acids is 1. The van der Waals surface area contributed by atoms with Gasteiger partial charge in [0.1, 0.15) is 12.4 Å². The molecule has 0 atom stereocenters. The summed E-state index contributed by atoms with van der Waals surface area (Å²) in [5.41, 5.74) is 4.13. The number of rotatable bonds is 9. The summed E-state index contributed by atoms with van der Waals surface area (Å²) in [6.07, 6.45) is 0. The molecule has 1 amide bonds. The summed E-state index contributed by atoms with van der Waals surface area (Å²) in [6, 6.07) is 23.3. The summed E-state index contributed by atoms with van der Waals surface area (Å²) in [5, 5.41) is 3.65. The molecule has 0 unspecified atom stereocenters. The molecule has 0 saturated heterocycles. The highest BCUT2D eigenvalue weighted by Gasteiger charge is 2.06. The SMILES string of the molecule is Cc1ccc(CSCCNC(=O)c2ccc(OCc3ccccc3Cl)cc2)cc1. The molecule has 0 heterocycles. The summed E-state index contributed by atoms with van der Waals surface area (Å²) < 4.78 is 5.75. The van der Waals surface area contributed by atoms with E-state index < -0.39 is 0 Å². The molecule has 29 heavy (non-hydrogen) atoms. The van der Waals surface area contributed by atoms with Crippen molar-refractivity contribution in [1.82, 2.24) is 5.32 Å². The molecule has 3 aromatic rings. The zero-order valence-corrected chi connectivity index (χ0v) is 17.9. The van der Waals surface area contributed by atoms with Crippen molar-refractivity contribution in [2.24, 2.45) is 0 Å². The van der Waals surface area contributed by atoms with Gasteiger partial charge < -0.3 is 10.1 Å². The first-order chi connectivity index (χ1) is 14.1. The van der Waals surface area contributed by atoms with Gasteiger partial charge in [-0.05, 0) is 42.8 Å². The van der Waals surface area contributed by atoms with Gasteiger partial charge in [-0.1, -0.05) is 59.6 Å². The maximum atomic E-state index is 12.3. The molecule has 3 aromatic carbocycles. The van der Waals surface area contributed by atoms with Crippen LogP contribution in [0.4, 0.5) is 0 Å². The molecule has 0 aliphatic rings. The van der Waals surface area contributed by atoms with E-state index in [2.05, 4.69) is 36.5 Å². The molecule has 0 aromatic heterocycles. The molecular weight excluding hydrogens is 402 g/mol. The number of halogens is 1. The van der Waals surface area contributed by atoms with Gasteiger partial charge in [0.25, 0.3) is 5.91 Å². The molecule has 5 heteroatoms. The molecule has 3 nitrogen and oxygen atoms in total. The van der Waals surface area contributed by atoms with E-state index in [0.29, 0.717) is 29.5 Å². The van der Waals surface area contributed by atoms with E-state index >= 15 is 0 Å². The van der Waals surface area contributed by atoms with Crippen LogP contribution < -0.4 is 10.1 Å². The monoisotopic (exact) mass is 425 g/mol. The van der Waals surface area contributed by atoms with Gasteiger partial charge in [-0.15, -0.1) is 0 Å². The molecule has 150 valence electrons. The van der Waals surface area contributed by atoms with E-state index in [1.54, 1.807) is 24.3 Å². The van der Waals surface area contributed by atoms with Crippen LogP contribution >= 0.6 is 23.4 Å². The van der Waals surface area contributed by atoms with Crippen molar-refractivity contribution >= 4 is 29.3 Å². The quantitative estimate of drug-likeness (QED) is 0.434. The van der Waals surface area contributed by atoms with Crippen LogP contribution in [0.5, 0.6) is 5.75 Å². The third-order valence-electron chi connectivity index (χ3n) is 4.39. The Morgan fingerprint density at radius 3 is 2.45 bits per heavy atom. The van der Waals surface area contributed by atoms with Gasteiger partial charge >= 0.3 is 0 Å². The van der Waals surface area contributed by atoms with Crippen molar-refractivity contribution in [3.63, 3.8) is 0 Å². The lowest BCUT2D eigenvalue weighted by Gasteiger charge is -2.09. The number of aryl methyl sites for hydroxylation is 1. The second-order valence-corrected chi connectivity index (χ2v) is 8.21. The minimum atomic E-state index is -0.0708. The highest BCUT2D eigenvalue weighted by molar-refractivity contribution is 7.98. The van der Waals surface area contributed by atoms with E-state index in [9.17, 15) is 4.79 Å². The Kier molecular flexibility index (Phi) is 8.03. The lowest BCUT2D eigenvalue weighted by Crippen LogP contribution is -2.25. The van der Waals surface area contributed by atoms with Crippen LogP contribution in [0.1, 0.15) is 27.0 Å². The van der Waals surface area contributed by atoms with Gasteiger partial charge in [0.05, 0.1) is 0 Å². The van der Waals surface area contributed by atoms with Gasteiger partial charge in [-0.25, -0.2) is 0 Å². The van der Waals surface area contributed by atoms with E-state index in [-0.39, 0.29) is 5.91 Å². The number of thioether (sulfide) groups is 1. The van der Waals surface area contributed by atoms with Crippen LogP contribution in [0, 0.1) is 6.92 Å². The van der Waals surface area contributed by atoms with Gasteiger partial charge in [0.15, 0.2) is 0 Å². The summed E-state index contributed by atoms with van der Waals surface area (Å²) >= 11 is 7.95. The number of ether oxygens (including phenoxy) is 1. The number of benzene rings is 3. The van der Waals surface area contributed by atoms with Crippen LogP contribution in [0.2, 0.25) is 5.02 Å². The summed E-state index contributed by atoms with van der Waals surface area (Å²) in [7, 11) is 0. The maximum Gasteiger partial charge on any atom is 0.251 e. The van der Waals surface area contributed by atoms with Crippen molar-refractivity contribution in [1.29, 1.82) is 0 Å². The third kappa shape index (κ3) is 6.84. The summed E-state index contributed by atoms with van der Waals surface area (Å²) in [4.78, 5) is 12.3. The minimum Gasteiger partial charge on any atom is -0.489 e. The molecular formula is C24H24ClNO2S. The first-order valence-corrected chi connectivity index (χ1v) is 11.0. The summed E-state index contributed by atoms with van der Waals surface area (Å²) in [5.74, 6) is 2.46. The molecule has 0 aliphatic heterocycles. The van der Waals surface area contributed by atoms with Crippen molar-refractivity contribution in [2.75, 3.05) is 12.3 Å². The lowest BCUT2D eigenvalue weighted by molar-refractivity contribution is 0.0956. The van der Waals surface area contributed by atoms with Gasteiger partial charge in [-0.2, -0.15) is 11.8 Å². The lowest BCUT2D eigenvalue weighted by atomic mass is 10.2. The smallest absolute Gasteiger partial charge is 0.251 e. The number of hydrogen-bond donors (Lipinski definition) is 1. The van der Waals surface area contributed by atoms with E-state index in [0.717, 1.165) is 17.1 Å². The average Bonchev–Trinajstić information content (AvgIpc) is 2.74. The summed E-state index contributed by atoms with van der Waals surface area (Å²) in [6.45, 7) is 3.12. The standard InChI is InChI=1S/C24H24ClNO2S/c1-18-6-8-19(9-7-18)17-29-15-14-26-24(27)20-10-12-22(13-11-20)28-16-21-4-2-3-5-23(21)25/h2-13H,14-17H2,1H3,(H,26,27). The fourth-order valence-corrected chi connectivity index (χ4v) is 3.70. The maximum absolute atomic E-state index is 12.3. The van der Waals surface area contributed by atoms with E-state index in [4.69, 9.17) is 16.3 Å². The average molecular weight is 426 g/mol. The Hall–Kier alpha value is -2.43. The van der Waals surface area contributed by atoms with Gasteiger partial charge in [0, 0.05) is 34.2 Å². The largest absolute Gasteiger partial charge is 0.489 e. The molecule has 0 fully saturated rings. The second kappa shape index (κ2) is 10.9. The predicted molar refractivity (Wildman–Crippen MR) is 122 cm³/mol. The molecule has 0 aliphatic carbocycles. The van der Waals surface area contributed by atoms with Crippen LogP contribution in [0.3, 0.4) is 0 Å². The first kappa shape index (κ1) is 21.3. The Labute approximate surface area is 181 Å². The van der Waals surface area contributed by atoms with Gasteiger partial charge in [0.2, 0.25) is 0 Å². The van der Waals surface area contributed by atoms with E-state index in [1.807, 2.05) is 36.0 Å². The molecule has 0 spiro atoms. The van der Waals surface area contributed by atoms with Crippen molar-refractivity contribution in [3.05, 3.63) is 100 Å². The molecule has 0 saturated carbocycles. The molecule has 1 N–H and O–H groups in total. The predicted octanol–water partition coefficient (Wildman–Crippen LogP) is 5.89. The molecule has 3 rings (SSSR count). The Morgan fingerprint density at radius 2 is 1.72 bits per heavy atom. The highest BCUT2D eigenvalue weighted by atomic mass is 35.5. The fraction of sp³-hybridized carbons (Fsp3) is 0.208. The number of nitrogens with one attached hydrogen (secondary N) is 1. The Bertz CT molecular complexity index is 926. The highest BCUT2D eigenvalue weighted by Crippen LogP contribution is 2.19. The zero-order valence-electron chi connectivity index (χ0n) is 16.4. The van der Waals surface area contributed by atoms with Crippen LogP contribution in [0.25, 0.3) is 0 Å². The molecule has 0 radical (unpaired) electrons. The minimum absolute atomic E-state index is 0.0708. The Morgan fingerprint density at radius 1 is 1.00 bits per heavy atom. The van der Waals surface area contributed by atoms with Crippen molar-refractivity contribution < 1.29 is 9.53 Å². The zero-order chi connectivity index (χ0) is 20.5. The van der Waals surface area contributed by atoms with Crippen LogP contribution in [-0.2, 0) is 12.4 Å². The fourth-order valence-electron chi connectivity index (χ4n) is 2.69. The topological polar surface area (TPSA) is 38.3 Å². The van der Waals surface area contributed by atoms with Gasteiger partial charge in [-0.3, -0.25) is 4.79 Å². The van der Waals surface area contributed by atoms with Crippen molar-refractivity contribution in [3.8, 4) is 5.75 Å². The number of amides is 1. The second-order valence-electron chi connectivity index (χ2n) is 6.70. The number of hydrogen-bond acceptors (Lipinski definition) is 3. The molecule has 0 bridgehead atoms. The Balaban J connectivity index is 1.38. The van der Waals surface area contributed by atoms with Crippen LogP contribution in [0.15, 0.2) is 72.8 Å². The van der Waals surface area contributed by atoms with Crippen LogP contribution in [-0.4, -0.2) is 18.2 Å². The normalized spacial score (nSPS) is 10.6. The van der Waals surface area contributed by atoms with E-state index in [1.165, 1.54) is 11.1 Å². The van der Waals surface area contributed by atoms with Crippen molar-refractivity contribution in [2.45, 2.75) is 19.3 Å².